The van der Waals surface area contributed by atoms with Gasteiger partial charge in [0.05, 0.1) is 0 Å². The Kier molecular flexibility index (Phi) is 1.92. The molecule has 1 fully saturated rings. The molecule has 2 rings (SSSR count). The first-order valence-corrected chi connectivity index (χ1v) is 4.92. The molecule has 0 unspecified atom stereocenters. The van der Waals surface area contributed by atoms with Crippen LogP contribution in [0, 0.1) is 11.3 Å². The molecule has 0 saturated heterocycles. The van der Waals surface area contributed by atoms with E-state index in [1.165, 1.54) is 5.56 Å². The van der Waals surface area contributed by atoms with Crippen molar-refractivity contribution in [2.45, 2.75) is 26.3 Å². The van der Waals surface area contributed by atoms with Crippen molar-refractivity contribution in [1.29, 1.82) is 0 Å². The Balaban J connectivity index is 2.02. The molecule has 0 radical (unpaired) electrons. The van der Waals surface area contributed by atoms with E-state index in [0.29, 0.717) is 17.4 Å². The minimum atomic E-state index is 0.357. The maximum absolute atomic E-state index is 5.99. The number of hydrogen-bond donors (Lipinski definition) is 1. The van der Waals surface area contributed by atoms with E-state index in [4.69, 9.17) is 5.73 Å². The summed E-state index contributed by atoms with van der Waals surface area (Å²) in [5, 5.41) is 0. The average Bonchev–Trinajstić information content (AvgIpc) is 2.57. The molecule has 1 aliphatic rings. The predicted octanol–water partition coefficient (Wildman–Crippen LogP) is 2.21. The first-order valence-electron chi connectivity index (χ1n) is 4.92. The van der Waals surface area contributed by atoms with Gasteiger partial charge in [0.15, 0.2) is 0 Å². The third-order valence-corrected chi connectivity index (χ3v) is 3.44. The molecule has 1 heteroatoms. The van der Waals surface area contributed by atoms with Crippen LogP contribution >= 0.6 is 0 Å². The SMILES string of the molecule is CC1(C)[C@@H](N)[C@@H]1Cc1ccccc1. The molecule has 0 amide bonds. The molecule has 0 heterocycles. The van der Waals surface area contributed by atoms with Crippen LogP contribution < -0.4 is 5.73 Å². The van der Waals surface area contributed by atoms with Gasteiger partial charge >= 0.3 is 0 Å². The van der Waals surface area contributed by atoms with Crippen LogP contribution in [-0.4, -0.2) is 6.04 Å². The maximum Gasteiger partial charge on any atom is 0.0131 e. The highest BCUT2D eigenvalue weighted by Crippen LogP contribution is 2.51. The highest BCUT2D eigenvalue weighted by Gasteiger charge is 2.54. The van der Waals surface area contributed by atoms with Crippen LogP contribution in [0.4, 0.5) is 0 Å². The summed E-state index contributed by atoms with van der Waals surface area (Å²) in [5.74, 6) is 0.676. The number of hydrogen-bond acceptors (Lipinski definition) is 1. The summed E-state index contributed by atoms with van der Waals surface area (Å²) >= 11 is 0. The van der Waals surface area contributed by atoms with E-state index >= 15 is 0 Å². The first-order chi connectivity index (χ1) is 6.12. The zero-order valence-electron chi connectivity index (χ0n) is 8.33. The van der Waals surface area contributed by atoms with Crippen LogP contribution in [-0.2, 0) is 6.42 Å². The van der Waals surface area contributed by atoms with Crippen LogP contribution in [0.5, 0.6) is 0 Å². The monoisotopic (exact) mass is 175 g/mol. The van der Waals surface area contributed by atoms with Crippen LogP contribution in [0.25, 0.3) is 0 Å². The quantitative estimate of drug-likeness (QED) is 0.732. The van der Waals surface area contributed by atoms with Gasteiger partial charge in [-0.15, -0.1) is 0 Å². The molecule has 2 atom stereocenters. The molecule has 1 saturated carbocycles. The molecule has 13 heavy (non-hydrogen) atoms. The Labute approximate surface area is 80.0 Å². The summed E-state index contributed by atoms with van der Waals surface area (Å²) in [5.41, 5.74) is 7.76. The summed E-state index contributed by atoms with van der Waals surface area (Å²) in [6.07, 6.45) is 1.13. The van der Waals surface area contributed by atoms with Crippen molar-refractivity contribution < 1.29 is 0 Å². The van der Waals surface area contributed by atoms with Crippen LogP contribution in [0.3, 0.4) is 0 Å². The Hall–Kier alpha value is -0.820. The van der Waals surface area contributed by atoms with E-state index in [1.807, 2.05) is 0 Å². The van der Waals surface area contributed by atoms with Crippen molar-refractivity contribution in [3.8, 4) is 0 Å². The average molecular weight is 175 g/mol. The zero-order chi connectivity index (χ0) is 9.47. The van der Waals surface area contributed by atoms with Gasteiger partial charge in [-0.1, -0.05) is 44.2 Å². The molecule has 0 aromatic heterocycles. The molecule has 1 aliphatic carbocycles. The van der Waals surface area contributed by atoms with E-state index in [1.54, 1.807) is 0 Å². The van der Waals surface area contributed by atoms with Gasteiger partial charge in [-0.05, 0) is 23.3 Å². The largest absolute Gasteiger partial charge is 0.327 e. The molecule has 1 aromatic rings. The molecule has 0 spiro atoms. The van der Waals surface area contributed by atoms with Crippen LogP contribution in [0.2, 0.25) is 0 Å². The Morgan fingerprint density at radius 2 is 1.77 bits per heavy atom. The van der Waals surface area contributed by atoms with Crippen LogP contribution in [0.1, 0.15) is 19.4 Å². The molecule has 1 aromatic carbocycles. The van der Waals surface area contributed by atoms with Gasteiger partial charge in [0.2, 0.25) is 0 Å². The van der Waals surface area contributed by atoms with E-state index < -0.39 is 0 Å². The molecule has 0 aliphatic heterocycles. The third kappa shape index (κ3) is 1.49. The van der Waals surface area contributed by atoms with Crippen LogP contribution in [0.15, 0.2) is 30.3 Å². The number of nitrogens with two attached hydrogens (primary N) is 1. The van der Waals surface area contributed by atoms with Gasteiger partial charge in [0.25, 0.3) is 0 Å². The summed E-state index contributed by atoms with van der Waals surface area (Å²) in [7, 11) is 0. The lowest BCUT2D eigenvalue weighted by Gasteiger charge is -2.01. The Bertz CT molecular complexity index is 289. The second kappa shape index (κ2) is 2.85. The van der Waals surface area contributed by atoms with Gasteiger partial charge in [0, 0.05) is 6.04 Å². The number of benzene rings is 1. The molecule has 2 N–H and O–H groups in total. The predicted molar refractivity (Wildman–Crippen MR) is 55.4 cm³/mol. The third-order valence-electron chi connectivity index (χ3n) is 3.44. The van der Waals surface area contributed by atoms with Crippen molar-refractivity contribution in [1.82, 2.24) is 0 Å². The van der Waals surface area contributed by atoms with E-state index in [9.17, 15) is 0 Å². The van der Waals surface area contributed by atoms with E-state index in [2.05, 4.69) is 44.2 Å². The first kappa shape index (κ1) is 8.76. The molecule has 70 valence electrons. The minimum Gasteiger partial charge on any atom is -0.327 e. The molecule has 0 bridgehead atoms. The molecular weight excluding hydrogens is 158 g/mol. The van der Waals surface area contributed by atoms with Gasteiger partial charge in [-0.2, -0.15) is 0 Å². The van der Waals surface area contributed by atoms with Crippen molar-refractivity contribution in [3.63, 3.8) is 0 Å². The Morgan fingerprint density at radius 1 is 1.23 bits per heavy atom. The van der Waals surface area contributed by atoms with Crippen molar-refractivity contribution >= 4 is 0 Å². The minimum absolute atomic E-state index is 0.357. The zero-order valence-corrected chi connectivity index (χ0v) is 8.33. The summed E-state index contributed by atoms with van der Waals surface area (Å²) < 4.78 is 0. The fourth-order valence-electron chi connectivity index (χ4n) is 2.04. The number of rotatable bonds is 2. The van der Waals surface area contributed by atoms with Crippen molar-refractivity contribution in [2.75, 3.05) is 0 Å². The Morgan fingerprint density at radius 3 is 2.23 bits per heavy atom. The van der Waals surface area contributed by atoms with Gasteiger partial charge in [-0.25, -0.2) is 0 Å². The lowest BCUT2D eigenvalue weighted by atomic mass is 10.0. The fourth-order valence-corrected chi connectivity index (χ4v) is 2.04. The highest BCUT2D eigenvalue weighted by atomic mass is 14.8. The van der Waals surface area contributed by atoms with Gasteiger partial charge < -0.3 is 5.73 Å². The second-order valence-corrected chi connectivity index (χ2v) is 4.64. The molecule has 1 nitrogen and oxygen atoms in total. The van der Waals surface area contributed by atoms with Crippen molar-refractivity contribution in [2.24, 2.45) is 17.1 Å². The van der Waals surface area contributed by atoms with E-state index in [0.717, 1.165) is 6.42 Å². The van der Waals surface area contributed by atoms with Gasteiger partial charge in [0.1, 0.15) is 0 Å². The lowest BCUT2D eigenvalue weighted by molar-refractivity contribution is 0.551. The summed E-state index contributed by atoms with van der Waals surface area (Å²) in [6.45, 7) is 4.51. The second-order valence-electron chi connectivity index (χ2n) is 4.64. The smallest absolute Gasteiger partial charge is 0.0131 e. The van der Waals surface area contributed by atoms with E-state index in [-0.39, 0.29) is 0 Å². The fraction of sp³-hybridized carbons (Fsp3) is 0.500. The normalized spacial score (nSPS) is 30.1. The lowest BCUT2D eigenvalue weighted by Crippen LogP contribution is -2.06. The summed E-state index contributed by atoms with van der Waals surface area (Å²) in [6, 6.07) is 11.0. The van der Waals surface area contributed by atoms with Crippen molar-refractivity contribution in [3.05, 3.63) is 35.9 Å². The maximum atomic E-state index is 5.99. The standard InChI is InChI=1S/C12H17N/c1-12(2)10(11(12)13)8-9-6-4-3-5-7-9/h3-7,10-11H,8,13H2,1-2H3/t10-,11-/m0/s1. The highest BCUT2D eigenvalue weighted by molar-refractivity contribution is 5.21. The molecular formula is C12H17N. The topological polar surface area (TPSA) is 26.0 Å². The van der Waals surface area contributed by atoms with Gasteiger partial charge in [-0.3, -0.25) is 0 Å². The summed E-state index contributed by atoms with van der Waals surface area (Å²) in [4.78, 5) is 0.